The number of hydrogen-bond donors (Lipinski definition) is 1. The van der Waals surface area contributed by atoms with Gasteiger partial charge in [-0.2, -0.15) is 0 Å². The molecule has 1 aliphatic rings. The van der Waals surface area contributed by atoms with Crippen LogP contribution in [-0.2, 0) is 15.9 Å². The number of hydrogen-bond acceptors (Lipinski definition) is 3. The van der Waals surface area contributed by atoms with Crippen LogP contribution in [0.5, 0.6) is 0 Å². The molecule has 0 bridgehead atoms. The van der Waals surface area contributed by atoms with E-state index in [0.29, 0.717) is 12.6 Å². The molecule has 0 heterocycles. The van der Waals surface area contributed by atoms with E-state index in [2.05, 4.69) is 17.4 Å². The van der Waals surface area contributed by atoms with Crippen molar-refractivity contribution in [3.8, 4) is 0 Å². The van der Waals surface area contributed by atoms with E-state index in [1.54, 1.807) is 14.2 Å². The molecule has 0 amide bonds. The molecule has 0 fully saturated rings. The molecule has 0 aromatic heterocycles. The van der Waals surface area contributed by atoms with Gasteiger partial charge in [0.1, 0.15) is 0 Å². The van der Waals surface area contributed by atoms with Crippen LogP contribution in [-0.4, -0.2) is 27.1 Å². The number of ether oxygens (including phenoxy) is 2. The third kappa shape index (κ3) is 2.99. The summed E-state index contributed by atoms with van der Waals surface area (Å²) in [4.78, 5) is 0. The summed E-state index contributed by atoms with van der Waals surface area (Å²) in [5, 5.41) is 4.28. The minimum Gasteiger partial charge on any atom is -0.355 e. The highest BCUT2D eigenvalue weighted by atomic mass is 35.5. The largest absolute Gasteiger partial charge is 0.355 e. The second-order valence-electron chi connectivity index (χ2n) is 4.24. The Morgan fingerprint density at radius 2 is 2.18 bits per heavy atom. The van der Waals surface area contributed by atoms with Gasteiger partial charge in [-0.25, -0.2) is 0 Å². The fourth-order valence-corrected chi connectivity index (χ4v) is 2.49. The highest BCUT2D eigenvalue weighted by molar-refractivity contribution is 6.30. The van der Waals surface area contributed by atoms with E-state index in [9.17, 15) is 0 Å². The number of halogens is 1. The van der Waals surface area contributed by atoms with E-state index >= 15 is 0 Å². The fraction of sp³-hybridized carbons (Fsp3) is 0.538. The number of aryl methyl sites for hydroxylation is 1. The van der Waals surface area contributed by atoms with Gasteiger partial charge in [0, 0.05) is 31.8 Å². The molecule has 1 unspecified atom stereocenters. The first-order valence-electron chi connectivity index (χ1n) is 5.82. The van der Waals surface area contributed by atoms with Gasteiger partial charge in [0.05, 0.1) is 0 Å². The van der Waals surface area contributed by atoms with Crippen molar-refractivity contribution < 1.29 is 9.47 Å². The number of benzene rings is 1. The molecule has 1 N–H and O–H groups in total. The molecule has 0 spiro atoms. The van der Waals surface area contributed by atoms with E-state index in [-0.39, 0.29) is 6.29 Å². The predicted molar refractivity (Wildman–Crippen MR) is 68.3 cm³/mol. The molecular formula is C13H18ClNO2. The van der Waals surface area contributed by atoms with E-state index in [0.717, 1.165) is 17.9 Å². The van der Waals surface area contributed by atoms with E-state index < -0.39 is 0 Å². The molecule has 17 heavy (non-hydrogen) atoms. The molecule has 0 radical (unpaired) electrons. The highest BCUT2D eigenvalue weighted by Gasteiger charge is 2.22. The molecule has 1 aliphatic carbocycles. The summed E-state index contributed by atoms with van der Waals surface area (Å²) in [6.45, 7) is 0.694. The molecule has 0 saturated carbocycles. The number of rotatable bonds is 5. The molecule has 1 aromatic carbocycles. The van der Waals surface area contributed by atoms with Crippen LogP contribution in [0.1, 0.15) is 23.6 Å². The standard InChI is InChI=1S/C13H18ClNO2/c1-16-13(17-2)8-15-12-6-3-9-7-10(14)4-5-11(9)12/h4-5,7,12-13,15H,3,6,8H2,1-2H3. The fourth-order valence-electron chi connectivity index (χ4n) is 2.30. The topological polar surface area (TPSA) is 30.5 Å². The van der Waals surface area contributed by atoms with Crippen molar-refractivity contribution in [3.05, 3.63) is 34.3 Å². The molecule has 0 aliphatic heterocycles. The normalized spacial score (nSPS) is 18.7. The summed E-state index contributed by atoms with van der Waals surface area (Å²) in [5.74, 6) is 0. The zero-order chi connectivity index (χ0) is 12.3. The van der Waals surface area contributed by atoms with Gasteiger partial charge in [-0.05, 0) is 36.1 Å². The molecule has 1 aromatic rings. The highest BCUT2D eigenvalue weighted by Crippen LogP contribution is 2.32. The maximum Gasteiger partial charge on any atom is 0.169 e. The third-order valence-corrected chi connectivity index (χ3v) is 3.47. The minimum atomic E-state index is -0.189. The van der Waals surface area contributed by atoms with Gasteiger partial charge in [-0.1, -0.05) is 17.7 Å². The number of methoxy groups -OCH3 is 2. The van der Waals surface area contributed by atoms with Gasteiger partial charge in [0.25, 0.3) is 0 Å². The second-order valence-corrected chi connectivity index (χ2v) is 4.68. The van der Waals surface area contributed by atoms with Crippen LogP contribution in [0.2, 0.25) is 5.02 Å². The molecule has 2 rings (SSSR count). The Kier molecular flexibility index (Phi) is 4.40. The molecule has 3 nitrogen and oxygen atoms in total. The summed E-state index contributed by atoms with van der Waals surface area (Å²) < 4.78 is 10.3. The molecule has 0 saturated heterocycles. The maximum absolute atomic E-state index is 5.98. The summed E-state index contributed by atoms with van der Waals surface area (Å²) >= 11 is 5.98. The Morgan fingerprint density at radius 1 is 1.41 bits per heavy atom. The molecule has 4 heteroatoms. The van der Waals surface area contributed by atoms with Crippen molar-refractivity contribution >= 4 is 11.6 Å². The van der Waals surface area contributed by atoms with Gasteiger partial charge in [0.15, 0.2) is 6.29 Å². The minimum absolute atomic E-state index is 0.189. The average molecular weight is 256 g/mol. The van der Waals surface area contributed by atoms with E-state index in [1.807, 2.05) is 6.07 Å². The quantitative estimate of drug-likeness (QED) is 0.821. The molecule has 94 valence electrons. The monoisotopic (exact) mass is 255 g/mol. The first-order valence-corrected chi connectivity index (χ1v) is 6.19. The van der Waals surface area contributed by atoms with Crippen LogP contribution in [0.3, 0.4) is 0 Å². The van der Waals surface area contributed by atoms with E-state index in [4.69, 9.17) is 21.1 Å². The van der Waals surface area contributed by atoms with Crippen LogP contribution in [0, 0.1) is 0 Å². The lowest BCUT2D eigenvalue weighted by molar-refractivity contribution is -0.0999. The van der Waals surface area contributed by atoms with Crippen LogP contribution < -0.4 is 5.32 Å². The Morgan fingerprint density at radius 3 is 2.88 bits per heavy atom. The van der Waals surface area contributed by atoms with Crippen molar-refractivity contribution in [1.82, 2.24) is 5.32 Å². The first-order chi connectivity index (χ1) is 8.24. The zero-order valence-corrected chi connectivity index (χ0v) is 11.0. The Bertz CT molecular complexity index is 380. The summed E-state index contributed by atoms with van der Waals surface area (Å²) in [7, 11) is 3.30. The Balaban J connectivity index is 1.97. The van der Waals surface area contributed by atoms with Crippen LogP contribution in [0.15, 0.2) is 18.2 Å². The second kappa shape index (κ2) is 5.83. The van der Waals surface area contributed by atoms with Crippen LogP contribution in [0.4, 0.5) is 0 Å². The lowest BCUT2D eigenvalue weighted by atomic mass is 10.1. The smallest absolute Gasteiger partial charge is 0.169 e. The van der Waals surface area contributed by atoms with Crippen molar-refractivity contribution in [1.29, 1.82) is 0 Å². The number of nitrogens with one attached hydrogen (secondary N) is 1. The summed E-state index contributed by atoms with van der Waals surface area (Å²) in [6, 6.07) is 6.50. The number of fused-ring (bicyclic) bond motifs is 1. The van der Waals surface area contributed by atoms with Crippen molar-refractivity contribution in [2.45, 2.75) is 25.2 Å². The third-order valence-electron chi connectivity index (χ3n) is 3.24. The van der Waals surface area contributed by atoms with Crippen LogP contribution in [0.25, 0.3) is 0 Å². The maximum atomic E-state index is 5.98. The average Bonchev–Trinajstić information content (AvgIpc) is 2.73. The van der Waals surface area contributed by atoms with Gasteiger partial charge >= 0.3 is 0 Å². The van der Waals surface area contributed by atoms with Gasteiger partial charge in [-0.3, -0.25) is 0 Å². The Labute approximate surface area is 107 Å². The van der Waals surface area contributed by atoms with Gasteiger partial charge < -0.3 is 14.8 Å². The lowest BCUT2D eigenvalue weighted by Gasteiger charge is -2.18. The van der Waals surface area contributed by atoms with E-state index in [1.165, 1.54) is 11.1 Å². The molecular weight excluding hydrogens is 238 g/mol. The first kappa shape index (κ1) is 12.8. The van der Waals surface area contributed by atoms with Crippen molar-refractivity contribution in [3.63, 3.8) is 0 Å². The zero-order valence-electron chi connectivity index (χ0n) is 10.2. The van der Waals surface area contributed by atoms with Gasteiger partial charge in [-0.15, -0.1) is 0 Å². The van der Waals surface area contributed by atoms with Crippen molar-refractivity contribution in [2.75, 3.05) is 20.8 Å². The Hall–Kier alpha value is -0.610. The summed E-state index contributed by atoms with van der Waals surface area (Å²) in [6.07, 6.45) is 2.00. The lowest BCUT2D eigenvalue weighted by Crippen LogP contribution is -2.31. The molecule has 1 atom stereocenters. The van der Waals surface area contributed by atoms with Crippen molar-refractivity contribution in [2.24, 2.45) is 0 Å². The SMILES string of the molecule is COC(CNC1CCc2cc(Cl)ccc21)OC. The van der Waals surface area contributed by atoms with Gasteiger partial charge in [0.2, 0.25) is 0 Å². The summed E-state index contributed by atoms with van der Waals surface area (Å²) in [5.41, 5.74) is 2.70. The predicted octanol–water partition coefficient (Wildman–Crippen LogP) is 2.54. The van der Waals surface area contributed by atoms with Crippen LogP contribution >= 0.6 is 11.6 Å².